The predicted octanol–water partition coefficient (Wildman–Crippen LogP) is 2.93. The van der Waals surface area contributed by atoms with Gasteiger partial charge in [-0.25, -0.2) is 0 Å². The zero-order valence-corrected chi connectivity index (χ0v) is 11.5. The Bertz CT molecular complexity index is 498. The van der Waals surface area contributed by atoms with Gasteiger partial charge < -0.3 is 9.47 Å². The van der Waals surface area contributed by atoms with Crippen molar-refractivity contribution in [2.75, 3.05) is 0 Å². The molecule has 2 aliphatic heterocycles. The van der Waals surface area contributed by atoms with E-state index in [0.29, 0.717) is 18.4 Å². The molecule has 4 bridgehead atoms. The molecule has 20 heavy (non-hydrogen) atoms. The molecule has 0 amide bonds. The van der Waals surface area contributed by atoms with E-state index in [2.05, 4.69) is 12.1 Å². The highest BCUT2D eigenvalue weighted by Crippen LogP contribution is 2.48. The van der Waals surface area contributed by atoms with Gasteiger partial charge in [0.1, 0.15) is 6.10 Å². The molecular formula is C17H20O3. The third-order valence-corrected chi connectivity index (χ3v) is 5.12. The van der Waals surface area contributed by atoms with E-state index < -0.39 is 0 Å². The van der Waals surface area contributed by atoms with Crippen LogP contribution in [0.1, 0.15) is 31.2 Å². The van der Waals surface area contributed by atoms with Crippen LogP contribution in [0, 0.1) is 17.8 Å². The number of fused-ring (bicyclic) bond motifs is 1. The molecule has 5 rings (SSSR count). The Hall–Kier alpha value is -1.35. The van der Waals surface area contributed by atoms with Crippen LogP contribution in [-0.2, 0) is 20.9 Å². The molecule has 5 unspecified atom stereocenters. The van der Waals surface area contributed by atoms with Crippen molar-refractivity contribution < 1.29 is 14.3 Å². The van der Waals surface area contributed by atoms with Crippen molar-refractivity contribution in [3.8, 4) is 0 Å². The number of rotatable bonds is 3. The van der Waals surface area contributed by atoms with E-state index in [0.717, 1.165) is 19.3 Å². The minimum absolute atomic E-state index is 0.0160. The van der Waals surface area contributed by atoms with Crippen LogP contribution in [0.5, 0.6) is 0 Å². The van der Waals surface area contributed by atoms with Crippen LogP contribution in [0.25, 0.3) is 0 Å². The summed E-state index contributed by atoms with van der Waals surface area (Å²) in [7, 11) is 0. The number of carbonyl (C=O) groups is 1. The maximum Gasteiger partial charge on any atom is 0.311 e. The maximum absolute atomic E-state index is 12.2. The standard InChI is InChI=1S/C17H20O3/c18-17-15-8-12-6-13(9-14(7-12)20-17)16(15)19-10-11-4-2-1-3-5-11/h1-5,12-16H,6-10H2. The summed E-state index contributed by atoms with van der Waals surface area (Å²) in [5.74, 6) is 1.13. The Balaban J connectivity index is 1.51. The summed E-state index contributed by atoms with van der Waals surface area (Å²) in [6.45, 7) is 0.598. The van der Waals surface area contributed by atoms with Gasteiger partial charge in [-0.05, 0) is 43.1 Å². The topological polar surface area (TPSA) is 35.5 Å². The van der Waals surface area contributed by atoms with Gasteiger partial charge >= 0.3 is 5.97 Å². The highest BCUT2D eigenvalue weighted by atomic mass is 16.6. The highest BCUT2D eigenvalue weighted by molar-refractivity contribution is 5.74. The summed E-state index contributed by atoms with van der Waals surface area (Å²) >= 11 is 0. The Morgan fingerprint density at radius 3 is 2.80 bits per heavy atom. The monoisotopic (exact) mass is 272 g/mol. The van der Waals surface area contributed by atoms with E-state index in [-0.39, 0.29) is 24.1 Å². The molecule has 2 saturated heterocycles. The van der Waals surface area contributed by atoms with Crippen molar-refractivity contribution >= 4 is 5.97 Å². The lowest BCUT2D eigenvalue weighted by atomic mass is 9.66. The summed E-state index contributed by atoms with van der Waals surface area (Å²) in [6.07, 6.45) is 4.46. The fraction of sp³-hybridized carbons (Fsp3) is 0.588. The zero-order valence-electron chi connectivity index (χ0n) is 11.5. The number of ether oxygens (including phenoxy) is 2. The number of carbonyl (C=O) groups excluding carboxylic acids is 1. The van der Waals surface area contributed by atoms with E-state index in [9.17, 15) is 4.79 Å². The van der Waals surface area contributed by atoms with E-state index in [4.69, 9.17) is 9.47 Å². The lowest BCUT2D eigenvalue weighted by molar-refractivity contribution is -0.155. The lowest BCUT2D eigenvalue weighted by Gasteiger charge is -2.41. The van der Waals surface area contributed by atoms with E-state index in [1.54, 1.807) is 0 Å². The molecule has 0 spiro atoms. The van der Waals surface area contributed by atoms with Crippen LogP contribution in [0.4, 0.5) is 0 Å². The molecule has 106 valence electrons. The molecule has 0 aromatic heterocycles. The highest BCUT2D eigenvalue weighted by Gasteiger charge is 2.51. The van der Waals surface area contributed by atoms with Crippen LogP contribution >= 0.6 is 0 Å². The first kappa shape index (κ1) is 12.4. The van der Waals surface area contributed by atoms with Gasteiger partial charge in [0, 0.05) is 0 Å². The summed E-state index contributed by atoms with van der Waals surface area (Å²) in [6, 6.07) is 10.2. The average molecular weight is 272 g/mol. The van der Waals surface area contributed by atoms with Crippen molar-refractivity contribution in [3.63, 3.8) is 0 Å². The Morgan fingerprint density at radius 2 is 1.95 bits per heavy atom. The quantitative estimate of drug-likeness (QED) is 0.794. The van der Waals surface area contributed by atoms with Crippen molar-refractivity contribution in [3.05, 3.63) is 35.9 Å². The smallest absolute Gasteiger partial charge is 0.311 e. The molecule has 0 N–H and O–H groups in total. The van der Waals surface area contributed by atoms with E-state index in [1.165, 1.54) is 12.0 Å². The molecule has 3 heteroatoms. The summed E-state index contributed by atoms with van der Waals surface area (Å²) in [5.41, 5.74) is 1.17. The van der Waals surface area contributed by atoms with Gasteiger partial charge in [0.25, 0.3) is 0 Å². The average Bonchev–Trinajstić information content (AvgIpc) is 2.62. The summed E-state index contributed by atoms with van der Waals surface area (Å²) in [5, 5.41) is 0. The van der Waals surface area contributed by atoms with Crippen LogP contribution in [0.2, 0.25) is 0 Å². The van der Waals surface area contributed by atoms with E-state index in [1.807, 2.05) is 18.2 Å². The van der Waals surface area contributed by atoms with Gasteiger partial charge in [0.15, 0.2) is 0 Å². The van der Waals surface area contributed by atoms with Gasteiger partial charge in [-0.15, -0.1) is 0 Å². The molecule has 1 aromatic carbocycles. The second-order valence-electron chi connectivity index (χ2n) is 6.50. The largest absolute Gasteiger partial charge is 0.462 e. The van der Waals surface area contributed by atoms with E-state index >= 15 is 0 Å². The third-order valence-electron chi connectivity index (χ3n) is 5.12. The van der Waals surface area contributed by atoms with Crippen LogP contribution in [0.3, 0.4) is 0 Å². The molecule has 2 saturated carbocycles. The fourth-order valence-electron chi connectivity index (χ4n) is 4.31. The van der Waals surface area contributed by atoms with Gasteiger partial charge in [0.05, 0.1) is 18.6 Å². The first-order chi connectivity index (χ1) is 9.79. The minimum Gasteiger partial charge on any atom is -0.462 e. The number of benzene rings is 1. The van der Waals surface area contributed by atoms with Crippen LogP contribution in [-0.4, -0.2) is 18.2 Å². The van der Waals surface area contributed by atoms with Gasteiger partial charge in [0.2, 0.25) is 0 Å². The van der Waals surface area contributed by atoms with Crippen molar-refractivity contribution in [2.24, 2.45) is 17.8 Å². The van der Waals surface area contributed by atoms with Gasteiger partial charge in [-0.1, -0.05) is 30.3 Å². The normalized spacial score (nSPS) is 38.6. The van der Waals surface area contributed by atoms with Gasteiger partial charge in [-0.2, -0.15) is 0 Å². The van der Waals surface area contributed by atoms with Crippen molar-refractivity contribution in [1.82, 2.24) is 0 Å². The molecular weight excluding hydrogens is 252 g/mol. The first-order valence-corrected chi connectivity index (χ1v) is 7.65. The molecule has 0 radical (unpaired) electrons. The summed E-state index contributed by atoms with van der Waals surface area (Å²) in [4.78, 5) is 12.2. The minimum atomic E-state index is -0.0324. The zero-order chi connectivity index (χ0) is 13.5. The Morgan fingerprint density at radius 1 is 1.10 bits per heavy atom. The second-order valence-corrected chi connectivity index (χ2v) is 6.50. The summed E-state index contributed by atoms with van der Waals surface area (Å²) < 4.78 is 11.8. The number of hydrogen-bond donors (Lipinski definition) is 0. The molecule has 1 aromatic rings. The Kier molecular flexibility index (Phi) is 3.03. The lowest BCUT2D eigenvalue weighted by Crippen LogP contribution is -2.43. The number of hydrogen-bond acceptors (Lipinski definition) is 3. The molecule has 3 nitrogen and oxygen atoms in total. The molecule has 2 heterocycles. The molecule has 5 atom stereocenters. The molecule has 4 fully saturated rings. The maximum atomic E-state index is 12.2. The Labute approximate surface area is 119 Å². The SMILES string of the molecule is O=C1OC2CC3CC(C2)C(OCc2ccccc2)C1C3. The van der Waals surface area contributed by atoms with Crippen LogP contribution in [0.15, 0.2) is 30.3 Å². The number of esters is 1. The first-order valence-electron chi connectivity index (χ1n) is 7.65. The second kappa shape index (κ2) is 4.88. The fourth-order valence-corrected chi connectivity index (χ4v) is 4.31. The molecule has 4 aliphatic rings. The van der Waals surface area contributed by atoms with Gasteiger partial charge in [-0.3, -0.25) is 4.79 Å². The van der Waals surface area contributed by atoms with Crippen LogP contribution < -0.4 is 0 Å². The van der Waals surface area contributed by atoms with Crippen molar-refractivity contribution in [2.45, 2.75) is 44.5 Å². The van der Waals surface area contributed by atoms with Crippen molar-refractivity contribution in [1.29, 1.82) is 0 Å². The predicted molar refractivity (Wildman–Crippen MR) is 73.8 cm³/mol. The molecule has 2 aliphatic carbocycles. The third kappa shape index (κ3) is 2.14.